The zero-order valence-electron chi connectivity index (χ0n) is 19.4. The average Bonchev–Trinajstić information content (AvgIpc) is 2.83. The summed E-state index contributed by atoms with van der Waals surface area (Å²) in [5.41, 5.74) is 2.15. The highest BCUT2D eigenvalue weighted by Crippen LogP contribution is 2.39. The predicted molar refractivity (Wildman–Crippen MR) is 125 cm³/mol. The molecule has 1 aliphatic heterocycles. The summed E-state index contributed by atoms with van der Waals surface area (Å²) in [5, 5.41) is 0. The molecule has 0 amide bonds. The maximum Gasteiger partial charge on any atom is 0.201 e. The third kappa shape index (κ3) is 5.17. The quantitative estimate of drug-likeness (QED) is 0.434. The molecular weight excluding hydrogens is 406 g/mol. The average molecular weight is 443 g/mol. The molecule has 2 atom stereocenters. The van der Waals surface area contributed by atoms with E-state index in [1.165, 1.54) is 50.2 Å². The normalized spacial score (nSPS) is 26.1. The molecule has 1 saturated heterocycles. The minimum Gasteiger partial charge on any atom is -0.491 e. The van der Waals surface area contributed by atoms with E-state index < -0.39 is 11.6 Å². The first-order chi connectivity index (χ1) is 15.6. The van der Waals surface area contributed by atoms with Gasteiger partial charge in [-0.3, -0.25) is 0 Å². The third-order valence-electron chi connectivity index (χ3n) is 7.47. The largest absolute Gasteiger partial charge is 0.491 e. The van der Waals surface area contributed by atoms with Gasteiger partial charge in [0, 0.05) is 11.5 Å². The van der Waals surface area contributed by atoms with Crippen molar-refractivity contribution < 1.29 is 18.3 Å². The first-order valence-electron chi connectivity index (χ1n) is 12.4. The third-order valence-corrected chi connectivity index (χ3v) is 7.47. The monoisotopic (exact) mass is 442 g/mol. The molecule has 0 radical (unpaired) electrons. The van der Waals surface area contributed by atoms with Gasteiger partial charge in [-0.25, -0.2) is 4.39 Å². The van der Waals surface area contributed by atoms with Gasteiger partial charge in [-0.1, -0.05) is 56.9 Å². The number of hydrogen-bond donors (Lipinski definition) is 0. The molecule has 1 saturated carbocycles. The van der Waals surface area contributed by atoms with Crippen molar-refractivity contribution in [2.24, 2.45) is 11.8 Å². The van der Waals surface area contributed by atoms with E-state index in [0.29, 0.717) is 24.2 Å². The van der Waals surface area contributed by atoms with E-state index in [0.717, 1.165) is 31.3 Å². The van der Waals surface area contributed by atoms with Crippen LogP contribution in [0.4, 0.5) is 8.78 Å². The Kier molecular flexibility index (Phi) is 7.83. The molecule has 4 heteroatoms. The van der Waals surface area contributed by atoms with Crippen LogP contribution in [-0.4, -0.2) is 19.3 Å². The van der Waals surface area contributed by atoms with Gasteiger partial charge in [-0.15, -0.1) is 0 Å². The van der Waals surface area contributed by atoms with E-state index in [2.05, 4.69) is 6.92 Å². The Morgan fingerprint density at radius 1 is 0.875 bits per heavy atom. The van der Waals surface area contributed by atoms with E-state index in [1.807, 2.05) is 24.3 Å². The van der Waals surface area contributed by atoms with Crippen LogP contribution in [-0.2, 0) is 4.74 Å². The Labute approximate surface area is 191 Å². The van der Waals surface area contributed by atoms with Crippen LogP contribution in [0.1, 0.15) is 76.7 Å². The summed E-state index contributed by atoms with van der Waals surface area (Å²) >= 11 is 0. The highest BCUT2D eigenvalue weighted by Gasteiger charge is 2.32. The Hall–Kier alpha value is -1.94. The zero-order valence-corrected chi connectivity index (χ0v) is 19.4. The van der Waals surface area contributed by atoms with E-state index in [4.69, 9.17) is 9.47 Å². The van der Waals surface area contributed by atoms with E-state index in [1.54, 1.807) is 13.0 Å². The van der Waals surface area contributed by atoms with Gasteiger partial charge in [0.25, 0.3) is 0 Å². The van der Waals surface area contributed by atoms with Crippen LogP contribution in [0.15, 0.2) is 36.4 Å². The van der Waals surface area contributed by atoms with Gasteiger partial charge in [-0.2, -0.15) is 4.39 Å². The predicted octanol–water partition coefficient (Wildman–Crippen LogP) is 7.90. The molecule has 0 N–H and O–H groups in total. The molecule has 2 nitrogen and oxygen atoms in total. The van der Waals surface area contributed by atoms with Crippen LogP contribution >= 0.6 is 0 Å². The SMILES string of the molecule is CCCC1CCC(C2CC[C@@H](c3ccc(-c4ccc(OCC)c(F)c4F)cc3)CO2)CC1. The van der Waals surface area contributed by atoms with Gasteiger partial charge in [0.15, 0.2) is 11.6 Å². The lowest BCUT2D eigenvalue weighted by molar-refractivity contribution is -0.0435. The van der Waals surface area contributed by atoms with Crippen molar-refractivity contribution in [3.05, 3.63) is 53.6 Å². The van der Waals surface area contributed by atoms with Crippen molar-refractivity contribution in [2.75, 3.05) is 13.2 Å². The summed E-state index contributed by atoms with van der Waals surface area (Å²) < 4.78 is 40.3. The summed E-state index contributed by atoms with van der Waals surface area (Å²) in [6.45, 7) is 5.09. The number of halogens is 2. The standard InChI is InChI=1S/C28H36F2O2/c1-3-5-19-6-8-22(9-7-19)25-16-14-23(18-32-25)20-10-12-21(13-11-20)24-15-17-26(31-4-2)28(30)27(24)29/h10-13,15,17,19,22-23,25H,3-9,14,16,18H2,1-2H3/t19?,22?,23-,25?/m1/s1. The Morgan fingerprint density at radius 3 is 2.25 bits per heavy atom. The summed E-state index contributed by atoms with van der Waals surface area (Å²) in [7, 11) is 0. The van der Waals surface area contributed by atoms with Crippen molar-refractivity contribution in [1.82, 2.24) is 0 Å². The molecule has 4 rings (SSSR count). The second-order valence-electron chi connectivity index (χ2n) is 9.51. The van der Waals surface area contributed by atoms with Crippen molar-refractivity contribution in [2.45, 2.75) is 77.2 Å². The van der Waals surface area contributed by atoms with Crippen molar-refractivity contribution in [3.8, 4) is 16.9 Å². The number of hydrogen-bond acceptors (Lipinski definition) is 2. The highest BCUT2D eigenvalue weighted by molar-refractivity contribution is 5.65. The van der Waals surface area contributed by atoms with Crippen molar-refractivity contribution in [3.63, 3.8) is 0 Å². The molecule has 2 aliphatic rings. The van der Waals surface area contributed by atoms with Gasteiger partial charge >= 0.3 is 0 Å². The number of ether oxygens (including phenoxy) is 2. The van der Waals surface area contributed by atoms with Crippen LogP contribution < -0.4 is 4.74 Å². The highest BCUT2D eigenvalue weighted by atomic mass is 19.2. The van der Waals surface area contributed by atoms with Crippen LogP contribution in [0, 0.1) is 23.5 Å². The lowest BCUT2D eigenvalue weighted by atomic mass is 9.75. The van der Waals surface area contributed by atoms with Gasteiger partial charge in [-0.05, 0) is 67.7 Å². The van der Waals surface area contributed by atoms with Gasteiger partial charge in [0.05, 0.1) is 19.3 Å². The Balaban J connectivity index is 1.34. The van der Waals surface area contributed by atoms with Crippen LogP contribution in [0.5, 0.6) is 5.75 Å². The van der Waals surface area contributed by atoms with E-state index in [-0.39, 0.29) is 11.3 Å². The van der Waals surface area contributed by atoms with Gasteiger partial charge < -0.3 is 9.47 Å². The molecule has 0 spiro atoms. The molecule has 1 heterocycles. The molecule has 1 unspecified atom stereocenters. The minimum absolute atomic E-state index is 0.0434. The van der Waals surface area contributed by atoms with Crippen LogP contribution in [0.2, 0.25) is 0 Å². The zero-order chi connectivity index (χ0) is 22.5. The first kappa shape index (κ1) is 23.2. The van der Waals surface area contributed by atoms with Crippen LogP contribution in [0.3, 0.4) is 0 Å². The first-order valence-corrected chi connectivity index (χ1v) is 12.4. The molecule has 32 heavy (non-hydrogen) atoms. The molecule has 0 bridgehead atoms. The summed E-state index contributed by atoms with van der Waals surface area (Å²) in [5.74, 6) is 0.200. The van der Waals surface area contributed by atoms with Crippen molar-refractivity contribution in [1.29, 1.82) is 0 Å². The minimum atomic E-state index is -0.927. The Bertz CT molecular complexity index is 864. The summed E-state index contributed by atoms with van der Waals surface area (Å²) in [6, 6.07) is 10.9. The summed E-state index contributed by atoms with van der Waals surface area (Å²) in [4.78, 5) is 0. The molecule has 2 aromatic rings. The van der Waals surface area contributed by atoms with Crippen LogP contribution in [0.25, 0.3) is 11.1 Å². The fourth-order valence-corrected chi connectivity index (χ4v) is 5.62. The molecule has 0 aromatic heterocycles. The molecule has 2 fully saturated rings. The van der Waals surface area contributed by atoms with Gasteiger partial charge in [0.2, 0.25) is 5.82 Å². The second kappa shape index (κ2) is 10.8. The second-order valence-corrected chi connectivity index (χ2v) is 9.51. The molecule has 174 valence electrons. The Morgan fingerprint density at radius 2 is 1.62 bits per heavy atom. The number of benzene rings is 2. The van der Waals surface area contributed by atoms with Gasteiger partial charge in [0.1, 0.15) is 0 Å². The lowest BCUT2D eigenvalue weighted by Crippen LogP contribution is -2.33. The smallest absolute Gasteiger partial charge is 0.201 e. The molecule has 2 aromatic carbocycles. The topological polar surface area (TPSA) is 18.5 Å². The fourth-order valence-electron chi connectivity index (χ4n) is 5.62. The fraction of sp³-hybridized carbons (Fsp3) is 0.571. The summed E-state index contributed by atoms with van der Waals surface area (Å²) in [6.07, 6.45) is 10.7. The maximum absolute atomic E-state index is 14.5. The molecular formula is C28H36F2O2. The molecule has 1 aliphatic carbocycles. The van der Waals surface area contributed by atoms with E-state index >= 15 is 0 Å². The number of rotatable bonds is 7. The van der Waals surface area contributed by atoms with Crippen molar-refractivity contribution >= 4 is 0 Å². The lowest BCUT2D eigenvalue weighted by Gasteiger charge is -2.38. The van der Waals surface area contributed by atoms with E-state index in [9.17, 15) is 8.78 Å². The maximum atomic E-state index is 14.5.